The number of halogens is 1. The lowest BCUT2D eigenvalue weighted by molar-refractivity contribution is 0.416. The maximum absolute atomic E-state index is 12.6. The molecule has 0 radical (unpaired) electrons. The summed E-state index contributed by atoms with van der Waals surface area (Å²) in [6, 6.07) is 22.4. The number of aromatic nitrogens is 5. The molecule has 0 bridgehead atoms. The molecule has 2 heterocycles. The minimum absolute atomic E-state index is 0.165. The van der Waals surface area contributed by atoms with Crippen LogP contribution in [0.25, 0.3) is 28.0 Å². The van der Waals surface area contributed by atoms with Crippen molar-refractivity contribution in [3.05, 3.63) is 94.0 Å². The summed E-state index contributed by atoms with van der Waals surface area (Å²) in [5.74, 6) is 1.89. The van der Waals surface area contributed by atoms with E-state index in [2.05, 4.69) is 20.2 Å². The molecule has 0 amide bonds. The van der Waals surface area contributed by atoms with Crippen molar-refractivity contribution < 1.29 is 4.74 Å². The Bertz CT molecular complexity index is 1530. The van der Waals surface area contributed by atoms with Crippen LogP contribution < -0.4 is 10.3 Å². The summed E-state index contributed by atoms with van der Waals surface area (Å²) in [6.45, 7) is 1.97. The summed E-state index contributed by atoms with van der Waals surface area (Å²) < 4.78 is 7.52. The second-order valence-corrected chi connectivity index (χ2v) is 9.29. The van der Waals surface area contributed by atoms with E-state index in [1.807, 2.05) is 78.2 Å². The van der Waals surface area contributed by atoms with Crippen molar-refractivity contribution in [3.63, 3.8) is 0 Å². The molecule has 0 spiro atoms. The predicted molar refractivity (Wildman–Crippen MR) is 135 cm³/mol. The largest absolute Gasteiger partial charge is 0.496 e. The van der Waals surface area contributed by atoms with E-state index >= 15 is 0 Å². The van der Waals surface area contributed by atoms with Crippen molar-refractivity contribution in [2.75, 3.05) is 7.11 Å². The van der Waals surface area contributed by atoms with Crippen LogP contribution in [-0.2, 0) is 0 Å². The fraction of sp³-hybridized carbons (Fsp3) is 0.120. The van der Waals surface area contributed by atoms with Crippen LogP contribution >= 0.6 is 23.4 Å². The van der Waals surface area contributed by atoms with Gasteiger partial charge in [-0.3, -0.25) is 9.36 Å². The Morgan fingerprint density at radius 3 is 2.53 bits per heavy atom. The Morgan fingerprint density at radius 2 is 1.74 bits per heavy atom. The standard InChI is InChI=1S/C25H20ClN5O2S/c1-15(22-27-20-9-5-3-7-18(20)24(32)28-22)34-25-30-29-23(19-8-4-6-10-21(19)33-2)31(25)17-13-11-16(26)12-14-17/h3-15H,1-2H3,(H,27,28,32). The lowest BCUT2D eigenvalue weighted by atomic mass is 10.2. The maximum Gasteiger partial charge on any atom is 0.258 e. The van der Waals surface area contributed by atoms with E-state index in [9.17, 15) is 4.79 Å². The van der Waals surface area contributed by atoms with Gasteiger partial charge in [0, 0.05) is 10.7 Å². The van der Waals surface area contributed by atoms with Gasteiger partial charge in [-0.25, -0.2) is 4.98 Å². The van der Waals surface area contributed by atoms with Gasteiger partial charge in [0.05, 0.1) is 28.8 Å². The second kappa shape index (κ2) is 9.32. The smallest absolute Gasteiger partial charge is 0.258 e. The zero-order chi connectivity index (χ0) is 23.7. The number of fused-ring (bicyclic) bond motifs is 1. The van der Waals surface area contributed by atoms with Crippen LogP contribution in [0.1, 0.15) is 18.0 Å². The van der Waals surface area contributed by atoms with Gasteiger partial charge in [0.2, 0.25) is 0 Å². The van der Waals surface area contributed by atoms with E-state index in [4.69, 9.17) is 16.3 Å². The van der Waals surface area contributed by atoms with Gasteiger partial charge in [-0.15, -0.1) is 10.2 Å². The molecule has 0 saturated heterocycles. The molecule has 1 unspecified atom stereocenters. The lowest BCUT2D eigenvalue weighted by Gasteiger charge is -2.15. The first-order valence-electron chi connectivity index (χ1n) is 10.6. The molecule has 0 aliphatic carbocycles. The summed E-state index contributed by atoms with van der Waals surface area (Å²) in [7, 11) is 1.63. The third-order valence-corrected chi connectivity index (χ3v) is 6.67. The van der Waals surface area contributed by atoms with Gasteiger partial charge in [-0.2, -0.15) is 0 Å². The van der Waals surface area contributed by atoms with Gasteiger partial charge < -0.3 is 9.72 Å². The number of methoxy groups -OCH3 is 1. The minimum atomic E-state index is -0.196. The van der Waals surface area contributed by atoms with Crippen molar-refractivity contribution >= 4 is 34.3 Å². The maximum atomic E-state index is 12.6. The number of aromatic amines is 1. The molecule has 5 rings (SSSR count). The van der Waals surface area contributed by atoms with E-state index in [1.54, 1.807) is 13.2 Å². The SMILES string of the molecule is COc1ccccc1-c1nnc(SC(C)c2nc3ccccc3c(=O)[nH]2)n1-c1ccc(Cl)cc1. The topological polar surface area (TPSA) is 85.7 Å². The molecule has 0 aliphatic heterocycles. The molecule has 7 nitrogen and oxygen atoms in total. The number of rotatable bonds is 6. The Hall–Kier alpha value is -3.62. The molecule has 170 valence electrons. The van der Waals surface area contributed by atoms with Gasteiger partial charge >= 0.3 is 0 Å². The van der Waals surface area contributed by atoms with Crippen LogP contribution in [0.4, 0.5) is 0 Å². The quantitative estimate of drug-likeness (QED) is 0.308. The highest BCUT2D eigenvalue weighted by Crippen LogP contribution is 2.38. The van der Waals surface area contributed by atoms with Crippen molar-refractivity contribution in [2.45, 2.75) is 17.3 Å². The van der Waals surface area contributed by atoms with E-state index in [-0.39, 0.29) is 10.8 Å². The number of benzene rings is 3. The molecule has 9 heteroatoms. The molecular formula is C25H20ClN5O2S. The first-order chi connectivity index (χ1) is 16.5. The van der Waals surface area contributed by atoms with Crippen LogP contribution in [0.2, 0.25) is 5.02 Å². The molecule has 5 aromatic rings. The van der Waals surface area contributed by atoms with E-state index in [1.165, 1.54) is 11.8 Å². The summed E-state index contributed by atoms with van der Waals surface area (Å²) in [5, 5.41) is 10.6. The fourth-order valence-corrected chi connectivity index (χ4v) is 4.73. The van der Waals surface area contributed by atoms with Crippen LogP contribution in [0, 0.1) is 0 Å². The second-order valence-electron chi connectivity index (χ2n) is 7.55. The molecule has 1 N–H and O–H groups in total. The third-order valence-electron chi connectivity index (χ3n) is 5.36. The Balaban J connectivity index is 1.60. The summed E-state index contributed by atoms with van der Waals surface area (Å²) in [5.41, 5.74) is 2.15. The Morgan fingerprint density at radius 1 is 1.00 bits per heavy atom. The van der Waals surface area contributed by atoms with Crippen LogP contribution in [0.3, 0.4) is 0 Å². The number of ether oxygens (including phenoxy) is 1. The molecule has 0 aliphatic rings. The van der Waals surface area contributed by atoms with Gasteiger partial charge in [0.15, 0.2) is 11.0 Å². The zero-order valence-electron chi connectivity index (χ0n) is 18.4. The Labute approximate surface area is 204 Å². The molecule has 0 fully saturated rings. The van der Waals surface area contributed by atoms with Crippen molar-refractivity contribution in [1.29, 1.82) is 0 Å². The Kier molecular flexibility index (Phi) is 6.08. The van der Waals surface area contributed by atoms with Crippen LogP contribution in [0.15, 0.2) is 82.7 Å². The van der Waals surface area contributed by atoms with E-state index < -0.39 is 0 Å². The first-order valence-corrected chi connectivity index (χ1v) is 11.8. The fourth-order valence-electron chi connectivity index (χ4n) is 3.68. The highest BCUT2D eigenvalue weighted by molar-refractivity contribution is 7.99. The highest BCUT2D eigenvalue weighted by Gasteiger charge is 2.22. The van der Waals surface area contributed by atoms with E-state index in [0.717, 1.165) is 11.3 Å². The number of nitrogens with zero attached hydrogens (tertiary/aromatic N) is 4. The molecule has 34 heavy (non-hydrogen) atoms. The van der Waals surface area contributed by atoms with E-state index in [0.29, 0.717) is 38.5 Å². The highest BCUT2D eigenvalue weighted by atomic mass is 35.5. The van der Waals surface area contributed by atoms with Gasteiger partial charge in [0.25, 0.3) is 5.56 Å². The average molecular weight is 490 g/mol. The number of hydrogen-bond acceptors (Lipinski definition) is 6. The van der Waals surface area contributed by atoms with Crippen LogP contribution in [-0.4, -0.2) is 31.8 Å². The van der Waals surface area contributed by atoms with Crippen molar-refractivity contribution in [3.8, 4) is 22.8 Å². The molecule has 1 atom stereocenters. The van der Waals surface area contributed by atoms with Crippen LogP contribution in [0.5, 0.6) is 5.75 Å². The normalized spacial score (nSPS) is 12.1. The number of hydrogen-bond donors (Lipinski definition) is 1. The monoisotopic (exact) mass is 489 g/mol. The van der Waals surface area contributed by atoms with Gasteiger partial charge in [0.1, 0.15) is 11.6 Å². The summed E-state index contributed by atoms with van der Waals surface area (Å²) >= 11 is 7.59. The molecular weight excluding hydrogens is 470 g/mol. The predicted octanol–water partition coefficient (Wildman–Crippen LogP) is 5.69. The third kappa shape index (κ3) is 4.18. The molecule has 2 aromatic heterocycles. The van der Waals surface area contributed by atoms with Gasteiger partial charge in [-0.1, -0.05) is 47.6 Å². The molecule has 3 aromatic carbocycles. The number of H-pyrrole nitrogens is 1. The zero-order valence-corrected chi connectivity index (χ0v) is 20.0. The summed E-state index contributed by atoms with van der Waals surface area (Å²) in [4.78, 5) is 20.2. The first kappa shape index (κ1) is 22.2. The van der Waals surface area contributed by atoms with Crippen molar-refractivity contribution in [2.24, 2.45) is 0 Å². The summed E-state index contributed by atoms with van der Waals surface area (Å²) in [6.07, 6.45) is 0. The van der Waals surface area contributed by atoms with Gasteiger partial charge in [-0.05, 0) is 55.5 Å². The average Bonchev–Trinajstić information content (AvgIpc) is 3.27. The lowest BCUT2D eigenvalue weighted by Crippen LogP contribution is -2.13. The number of thioether (sulfide) groups is 1. The minimum Gasteiger partial charge on any atom is -0.496 e. The molecule has 0 saturated carbocycles. The van der Waals surface area contributed by atoms with Crippen molar-refractivity contribution in [1.82, 2.24) is 24.7 Å². The number of nitrogens with one attached hydrogen (secondary N) is 1. The number of para-hydroxylation sites is 2.